The van der Waals surface area contributed by atoms with E-state index in [1.165, 1.54) is 24.3 Å². The molecule has 0 aliphatic carbocycles. The summed E-state index contributed by atoms with van der Waals surface area (Å²) in [6, 6.07) is 11.7. The Kier molecular flexibility index (Phi) is 5.55. The van der Waals surface area contributed by atoms with Gasteiger partial charge in [0.1, 0.15) is 11.6 Å². The lowest BCUT2D eigenvalue weighted by Crippen LogP contribution is -2.20. The highest BCUT2D eigenvalue weighted by molar-refractivity contribution is 6.32. The van der Waals surface area contributed by atoms with Crippen LogP contribution >= 0.6 is 11.6 Å². The second-order valence-electron chi connectivity index (χ2n) is 4.53. The minimum absolute atomic E-state index is 0.198. The van der Waals surface area contributed by atoms with Crippen molar-refractivity contribution < 1.29 is 13.9 Å². The molecule has 0 saturated carbocycles. The number of rotatable bonds is 5. The zero-order valence-electron chi connectivity index (χ0n) is 12.0. The highest BCUT2D eigenvalue weighted by Crippen LogP contribution is 2.20. The molecule has 0 heterocycles. The minimum Gasteiger partial charge on any atom is -0.497 e. The molecule has 5 heteroatoms. The smallest absolute Gasteiger partial charge is 0.244 e. The van der Waals surface area contributed by atoms with E-state index in [1.54, 1.807) is 13.2 Å². The second-order valence-corrected chi connectivity index (χ2v) is 4.94. The number of nitrogens with one attached hydrogen (secondary N) is 1. The monoisotopic (exact) mass is 319 g/mol. The third kappa shape index (κ3) is 4.33. The van der Waals surface area contributed by atoms with Crippen LogP contribution in [0, 0.1) is 5.82 Å². The quantitative estimate of drug-likeness (QED) is 0.851. The summed E-state index contributed by atoms with van der Waals surface area (Å²) in [6.07, 6.45) is 2.62. The van der Waals surface area contributed by atoms with Gasteiger partial charge in [-0.15, -0.1) is 0 Å². The molecule has 2 aromatic carbocycles. The van der Waals surface area contributed by atoms with Gasteiger partial charge < -0.3 is 10.1 Å². The van der Waals surface area contributed by atoms with E-state index in [0.29, 0.717) is 6.54 Å². The molecule has 0 radical (unpaired) electrons. The molecule has 114 valence electrons. The van der Waals surface area contributed by atoms with Crippen LogP contribution in [0.3, 0.4) is 0 Å². The Morgan fingerprint density at radius 3 is 2.64 bits per heavy atom. The lowest BCUT2D eigenvalue weighted by molar-refractivity contribution is -0.116. The number of carbonyl (C=O) groups is 1. The van der Waals surface area contributed by atoms with Crippen molar-refractivity contribution in [2.24, 2.45) is 0 Å². The molecule has 2 aromatic rings. The van der Waals surface area contributed by atoms with Crippen molar-refractivity contribution in [2.75, 3.05) is 7.11 Å². The van der Waals surface area contributed by atoms with Gasteiger partial charge in [0.05, 0.1) is 12.1 Å². The predicted molar refractivity (Wildman–Crippen MR) is 85.3 cm³/mol. The predicted octanol–water partition coefficient (Wildman–Crippen LogP) is 3.82. The third-order valence-corrected chi connectivity index (χ3v) is 3.36. The Morgan fingerprint density at radius 2 is 2.00 bits per heavy atom. The Morgan fingerprint density at radius 1 is 1.27 bits per heavy atom. The van der Waals surface area contributed by atoms with Gasteiger partial charge in [0.2, 0.25) is 5.91 Å². The van der Waals surface area contributed by atoms with Gasteiger partial charge in [-0.3, -0.25) is 4.79 Å². The zero-order valence-corrected chi connectivity index (χ0v) is 12.7. The first-order valence-corrected chi connectivity index (χ1v) is 7.01. The van der Waals surface area contributed by atoms with Crippen LogP contribution in [0.5, 0.6) is 5.75 Å². The van der Waals surface area contributed by atoms with Gasteiger partial charge in [-0.1, -0.05) is 29.8 Å². The Labute approximate surface area is 133 Å². The van der Waals surface area contributed by atoms with Crippen LogP contribution in [-0.4, -0.2) is 13.0 Å². The van der Waals surface area contributed by atoms with Crippen LogP contribution in [-0.2, 0) is 11.3 Å². The largest absolute Gasteiger partial charge is 0.497 e. The molecule has 22 heavy (non-hydrogen) atoms. The van der Waals surface area contributed by atoms with Crippen LogP contribution in [0.2, 0.25) is 5.02 Å². The number of hydrogen-bond acceptors (Lipinski definition) is 2. The molecule has 0 bridgehead atoms. The normalized spacial score (nSPS) is 10.7. The molecule has 2 rings (SSSR count). The molecule has 0 unspecified atom stereocenters. The summed E-state index contributed by atoms with van der Waals surface area (Å²) < 4.78 is 18.6. The van der Waals surface area contributed by atoms with E-state index < -0.39 is 5.82 Å². The highest BCUT2D eigenvalue weighted by atomic mass is 35.5. The first-order valence-electron chi connectivity index (χ1n) is 6.63. The van der Waals surface area contributed by atoms with Crippen molar-refractivity contribution in [3.63, 3.8) is 0 Å². The van der Waals surface area contributed by atoms with E-state index >= 15 is 0 Å². The van der Waals surface area contributed by atoms with Gasteiger partial charge in [0.15, 0.2) is 0 Å². The van der Waals surface area contributed by atoms with Crippen LogP contribution in [0.4, 0.5) is 4.39 Å². The zero-order chi connectivity index (χ0) is 15.9. The number of ether oxygens (including phenoxy) is 1. The SMILES string of the molecule is COc1ccc(CNC(=O)/C=C/c2c(F)cccc2Cl)cc1. The number of halogens is 2. The van der Waals surface area contributed by atoms with Gasteiger partial charge in [0, 0.05) is 18.2 Å². The lowest BCUT2D eigenvalue weighted by Gasteiger charge is -2.04. The van der Waals surface area contributed by atoms with E-state index in [2.05, 4.69) is 5.32 Å². The summed E-state index contributed by atoms with van der Waals surface area (Å²) in [5.74, 6) is -0.0361. The molecule has 0 aliphatic rings. The average molecular weight is 320 g/mol. The van der Waals surface area contributed by atoms with E-state index in [0.717, 1.165) is 11.3 Å². The first-order chi connectivity index (χ1) is 10.6. The Bertz CT molecular complexity index is 663. The van der Waals surface area contributed by atoms with Crippen molar-refractivity contribution in [1.82, 2.24) is 5.32 Å². The van der Waals surface area contributed by atoms with Crippen molar-refractivity contribution in [3.8, 4) is 5.75 Å². The van der Waals surface area contributed by atoms with E-state index in [9.17, 15) is 9.18 Å². The van der Waals surface area contributed by atoms with Gasteiger partial charge in [0.25, 0.3) is 0 Å². The summed E-state index contributed by atoms with van der Waals surface area (Å²) in [6.45, 7) is 0.373. The van der Waals surface area contributed by atoms with Gasteiger partial charge >= 0.3 is 0 Å². The standard InChI is InChI=1S/C17H15ClFNO2/c1-22-13-7-5-12(6-8-13)11-20-17(21)10-9-14-15(18)3-2-4-16(14)19/h2-10H,11H2,1H3,(H,20,21)/b10-9+. The molecule has 0 aliphatic heterocycles. The Hall–Kier alpha value is -2.33. The van der Waals surface area contributed by atoms with E-state index in [-0.39, 0.29) is 16.5 Å². The summed E-state index contributed by atoms with van der Waals surface area (Å²) >= 11 is 5.88. The maximum Gasteiger partial charge on any atom is 0.244 e. The number of hydrogen-bond donors (Lipinski definition) is 1. The summed E-state index contributed by atoms with van der Waals surface area (Å²) in [5, 5.41) is 2.98. The van der Waals surface area contributed by atoms with Crippen LogP contribution in [0.15, 0.2) is 48.5 Å². The number of benzene rings is 2. The topological polar surface area (TPSA) is 38.3 Å². The first kappa shape index (κ1) is 16.0. The van der Waals surface area contributed by atoms with Gasteiger partial charge in [-0.05, 0) is 35.9 Å². The summed E-state index contributed by atoms with van der Waals surface area (Å²) in [7, 11) is 1.59. The molecular formula is C17H15ClFNO2. The molecule has 0 atom stereocenters. The molecule has 0 saturated heterocycles. The molecule has 0 spiro atoms. The fourth-order valence-electron chi connectivity index (χ4n) is 1.82. The Balaban J connectivity index is 1.93. The fourth-order valence-corrected chi connectivity index (χ4v) is 2.05. The van der Waals surface area contributed by atoms with Crippen molar-refractivity contribution >= 4 is 23.6 Å². The van der Waals surface area contributed by atoms with Crippen molar-refractivity contribution in [2.45, 2.75) is 6.54 Å². The van der Waals surface area contributed by atoms with Gasteiger partial charge in [-0.25, -0.2) is 4.39 Å². The van der Waals surface area contributed by atoms with Crippen LogP contribution < -0.4 is 10.1 Å². The van der Waals surface area contributed by atoms with E-state index in [1.807, 2.05) is 24.3 Å². The molecular weight excluding hydrogens is 305 g/mol. The van der Waals surface area contributed by atoms with Crippen molar-refractivity contribution in [1.29, 1.82) is 0 Å². The van der Waals surface area contributed by atoms with E-state index in [4.69, 9.17) is 16.3 Å². The lowest BCUT2D eigenvalue weighted by atomic mass is 10.2. The maximum absolute atomic E-state index is 13.5. The minimum atomic E-state index is -0.466. The third-order valence-electron chi connectivity index (χ3n) is 3.03. The number of methoxy groups -OCH3 is 1. The van der Waals surface area contributed by atoms with Gasteiger partial charge in [-0.2, -0.15) is 0 Å². The number of amides is 1. The maximum atomic E-state index is 13.5. The van der Waals surface area contributed by atoms with Crippen molar-refractivity contribution in [3.05, 3.63) is 70.5 Å². The molecule has 1 N–H and O–H groups in total. The van der Waals surface area contributed by atoms with Crippen LogP contribution in [0.25, 0.3) is 6.08 Å². The molecule has 0 fully saturated rings. The average Bonchev–Trinajstić information content (AvgIpc) is 2.53. The molecule has 1 amide bonds. The van der Waals surface area contributed by atoms with Crippen LogP contribution in [0.1, 0.15) is 11.1 Å². The molecule has 3 nitrogen and oxygen atoms in total. The summed E-state index contributed by atoms with van der Waals surface area (Å²) in [4.78, 5) is 11.7. The second kappa shape index (κ2) is 7.61. The summed E-state index contributed by atoms with van der Waals surface area (Å²) in [5.41, 5.74) is 1.13. The highest BCUT2D eigenvalue weighted by Gasteiger charge is 2.04. The fraction of sp³-hybridized carbons (Fsp3) is 0.118. The molecule has 0 aromatic heterocycles. The number of carbonyl (C=O) groups excluding carboxylic acids is 1.